The zero-order valence-electron chi connectivity index (χ0n) is 10.4. The van der Waals surface area contributed by atoms with Gasteiger partial charge in [0, 0.05) is 38.1 Å². The Labute approximate surface area is 98.9 Å². The molecule has 0 amide bonds. The second-order valence-corrected chi connectivity index (χ2v) is 4.58. The number of nitrogens with zero attached hydrogens (tertiary/aromatic N) is 2. The van der Waals surface area contributed by atoms with Gasteiger partial charge in [-0.05, 0) is 50.5 Å². The van der Waals surface area contributed by atoms with Crippen LogP contribution in [0.2, 0.25) is 0 Å². The molecule has 0 aromatic heterocycles. The van der Waals surface area contributed by atoms with Crippen molar-refractivity contribution in [3.63, 3.8) is 0 Å². The predicted octanol–water partition coefficient (Wildman–Crippen LogP) is 3.13. The standard InChI is InChI=1S/C14H22N2/c1-3-15(2)13-7-9-14(10-8-13)16-11-5-4-6-12-16/h7-10H,3-6,11-12H2,1-2H3. The lowest BCUT2D eigenvalue weighted by atomic mass is 10.1. The zero-order chi connectivity index (χ0) is 11.4. The Balaban J connectivity index is 2.06. The summed E-state index contributed by atoms with van der Waals surface area (Å²) in [6, 6.07) is 8.97. The number of benzene rings is 1. The van der Waals surface area contributed by atoms with E-state index >= 15 is 0 Å². The second-order valence-electron chi connectivity index (χ2n) is 4.58. The molecule has 2 nitrogen and oxygen atoms in total. The van der Waals surface area contributed by atoms with Gasteiger partial charge in [0.25, 0.3) is 0 Å². The highest BCUT2D eigenvalue weighted by Gasteiger charge is 2.10. The summed E-state index contributed by atoms with van der Waals surface area (Å²) in [6.45, 7) is 5.69. The van der Waals surface area contributed by atoms with Gasteiger partial charge in [-0.1, -0.05) is 0 Å². The number of rotatable bonds is 3. The highest BCUT2D eigenvalue weighted by molar-refractivity contribution is 5.56. The van der Waals surface area contributed by atoms with E-state index in [2.05, 4.69) is 48.0 Å². The first kappa shape index (κ1) is 11.3. The van der Waals surface area contributed by atoms with Crippen LogP contribution < -0.4 is 9.80 Å². The fourth-order valence-electron chi connectivity index (χ4n) is 2.25. The third-order valence-corrected chi connectivity index (χ3v) is 3.49. The first-order valence-corrected chi connectivity index (χ1v) is 6.37. The Bertz CT molecular complexity index is 312. The van der Waals surface area contributed by atoms with Gasteiger partial charge in [-0.25, -0.2) is 0 Å². The molecule has 0 bridgehead atoms. The van der Waals surface area contributed by atoms with Crippen LogP contribution in [-0.4, -0.2) is 26.7 Å². The lowest BCUT2D eigenvalue weighted by Gasteiger charge is -2.29. The third kappa shape index (κ3) is 2.49. The molecule has 1 aliphatic rings. The molecule has 0 radical (unpaired) electrons. The Morgan fingerprint density at radius 2 is 1.69 bits per heavy atom. The van der Waals surface area contributed by atoms with E-state index in [1.165, 1.54) is 43.7 Å². The zero-order valence-corrected chi connectivity index (χ0v) is 10.4. The fraction of sp³-hybridized carbons (Fsp3) is 0.571. The van der Waals surface area contributed by atoms with Crippen molar-refractivity contribution in [2.24, 2.45) is 0 Å². The smallest absolute Gasteiger partial charge is 0.0367 e. The van der Waals surface area contributed by atoms with E-state index in [-0.39, 0.29) is 0 Å². The molecule has 0 unspecified atom stereocenters. The Morgan fingerprint density at radius 3 is 2.25 bits per heavy atom. The Hall–Kier alpha value is -1.18. The van der Waals surface area contributed by atoms with Crippen molar-refractivity contribution in [1.82, 2.24) is 0 Å². The van der Waals surface area contributed by atoms with Crippen molar-refractivity contribution >= 4 is 11.4 Å². The minimum Gasteiger partial charge on any atom is -0.375 e. The molecule has 1 fully saturated rings. The third-order valence-electron chi connectivity index (χ3n) is 3.49. The van der Waals surface area contributed by atoms with Crippen LogP contribution in [0.25, 0.3) is 0 Å². The van der Waals surface area contributed by atoms with Gasteiger partial charge < -0.3 is 9.80 Å². The van der Waals surface area contributed by atoms with Gasteiger partial charge in [0.15, 0.2) is 0 Å². The topological polar surface area (TPSA) is 6.48 Å². The normalized spacial score (nSPS) is 16.2. The first-order chi connectivity index (χ1) is 7.81. The van der Waals surface area contributed by atoms with Crippen molar-refractivity contribution in [2.45, 2.75) is 26.2 Å². The average molecular weight is 218 g/mol. The maximum Gasteiger partial charge on any atom is 0.0367 e. The van der Waals surface area contributed by atoms with E-state index in [0.717, 1.165) is 6.54 Å². The molecule has 0 aliphatic carbocycles. The summed E-state index contributed by atoms with van der Waals surface area (Å²) in [5.41, 5.74) is 2.69. The maximum atomic E-state index is 2.50. The molecule has 88 valence electrons. The molecule has 0 N–H and O–H groups in total. The Morgan fingerprint density at radius 1 is 1.06 bits per heavy atom. The van der Waals surface area contributed by atoms with Gasteiger partial charge in [0.2, 0.25) is 0 Å². The van der Waals surface area contributed by atoms with Crippen LogP contribution in [0, 0.1) is 0 Å². The largest absolute Gasteiger partial charge is 0.375 e. The molecule has 2 heteroatoms. The molecule has 1 aromatic rings. The van der Waals surface area contributed by atoms with Crippen molar-refractivity contribution < 1.29 is 0 Å². The first-order valence-electron chi connectivity index (χ1n) is 6.37. The summed E-state index contributed by atoms with van der Waals surface area (Å²) in [6.07, 6.45) is 4.08. The van der Waals surface area contributed by atoms with Crippen LogP contribution in [0.3, 0.4) is 0 Å². The average Bonchev–Trinajstić information content (AvgIpc) is 2.39. The maximum absolute atomic E-state index is 2.50. The lowest BCUT2D eigenvalue weighted by molar-refractivity contribution is 0.578. The van der Waals surface area contributed by atoms with E-state index in [1.54, 1.807) is 0 Å². The van der Waals surface area contributed by atoms with E-state index in [0.29, 0.717) is 0 Å². The van der Waals surface area contributed by atoms with E-state index in [9.17, 15) is 0 Å². The van der Waals surface area contributed by atoms with Gasteiger partial charge in [0.1, 0.15) is 0 Å². The Kier molecular flexibility index (Phi) is 3.70. The van der Waals surface area contributed by atoms with E-state index < -0.39 is 0 Å². The lowest BCUT2D eigenvalue weighted by Crippen LogP contribution is -2.29. The fourth-order valence-corrected chi connectivity index (χ4v) is 2.25. The molecule has 1 aromatic carbocycles. The van der Waals surface area contributed by atoms with Crippen molar-refractivity contribution in [3.05, 3.63) is 24.3 Å². The summed E-state index contributed by atoms with van der Waals surface area (Å²) in [5.74, 6) is 0. The molecule has 1 heterocycles. The minimum absolute atomic E-state index is 1.06. The highest BCUT2D eigenvalue weighted by atomic mass is 15.1. The summed E-state index contributed by atoms with van der Waals surface area (Å²) in [5, 5.41) is 0. The molecular formula is C14H22N2. The molecule has 16 heavy (non-hydrogen) atoms. The van der Waals surface area contributed by atoms with Gasteiger partial charge in [0.05, 0.1) is 0 Å². The van der Waals surface area contributed by atoms with E-state index in [1.807, 2.05) is 0 Å². The molecule has 2 rings (SSSR count). The van der Waals surface area contributed by atoms with Gasteiger partial charge in [-0.3, -0.25) is 0 Å². The molecule has 1 saturated heterocycles. The number of anilines is 2. The number of hydrogen-bond acceptors (Lipinski definition) is 2. The summed E-state index contributed by atoms with van der Waals surface area (Å²) in [4.78, 5) is 4.76. The SMILES string of the molecule is CCN(C)c1ccc(N2CCCCC2)cc1. The van der Waals surface area contributed by atoms with Crippen LogP contribution in [0.5, 0.6) is 0 Å². The van der Waals surface area contributed by atoms with Gasteiger partial charge in [-0.2, -0.15) is 0 Å². The van der Waals surface area contributed by atoms with E-state index in [4.69, 9.17) is 0 Å². The predicted molar refractivity (Wildman–Crippen MR) is 71.5 cm³/mol. The highest BCUT2D eigenvalue weighted by Crippen LogP contribution is 2.22. The van der Waals surface area contributed by atoms with Crippen molar-refractivity contribution in [1.29, 1.82) is 0 Å². The van der Waals surface area contributed by atoms with Crippen LogP contribution in [0.15, 0.2) is 24.3 Å². The number of hydrogen-bond donors (Lipinski definition) is 0. The van der Waals surface area contributed by atoms with Gasteiger partial charge >= 0.3 is 0 Å². The van der Waals surface area contributed by atoms with Gasteiger partial charge in [-0.15, -0.1) is 0 Å². The molecular weight excluding hydrogens is 196 g/mol. The van der Waals surface area contributed by atoms with Crippen LogP contribution in [0.4, 0.5) is 11.4 Å². The summed E-state index contributed by atoms with van der Waals surface area (Å²) < 4.78 is 0. The van der Waals surface area contributed by atoms with Crippen molar-refractivity contribution in [2.75, 3.05) is 36.5 Å². The summed E-state index contributed by atoms with van der Waals surface area (Å²) >= 11 is 0. The quantitative estimate of drug-likeness (QED) is 0.769. The second kappa shape index (κ2) is 5.24. The summed E-state index contributed by atoms with van der Waals surface area (Å²) in [7, 11) is 2.13. The van der Waals surface area contributed by atoms with Crippen LogP contribution in [-0.2, 0) is 0 Å². The van der Waals surface area contributed by atoms with Crippen LogP contribution in [0.1, 0.15) is 26.2 Å². The van der Waals surface area contributed by atoms with Crippen LogP contribution >= 0.6 is 0 Å². The van der Waals surface area contributed by atoms with Crippen molar-refractivity contribution in [3.8, 4) is 0 Å². The molecule has 0 spiro atoms. The molecule has 1 aliphatic heterocycles. The molecule has 0 atom stereocenters. The number of piperidine rings is 1. The monoisotopic (exact) mass is 218 g/mol. The minimum atomic E-state index is 1.06. The molecule has 0 saturated carbocycles.